The lowest BCUT2D eigenvalue weighted by molar-refractivity contribution is -0.116. The van der Waals surface area contributed by atoms with Crippen molar-refractivity contribution in [1.82, 2.24) is 4.72 Å². The molecule has 0 saturated heterocycles. The minimum atomic E-state index is -3.80. The third kappa shape index (κ3) is 3.32. The van der Waals surface area contributed by atoms with Crippen molar-refractivity contribution < 1.29 is 17.6 Å². The highest BCUT2D eigenvalue weighted by Crippen LogP contribution is 2.26. The summed E-state index contributed by atoms with van der Waals surface area (Å²) >= 11 is 0. The van der Waals surface area contributed by atoms with Crippen molar-refractivity contribution in [1.29, 1.82) is 0 Å². The standard InChI is InChI=1S/C17H17FN2O3S/c1-11(14-4-2-3-5-15(14)18)20-24(22,23)13-7-8-16-12(10-13)6-9-17(21)19-16/h2-5,7-8,10-11,20H,6,9H2,1H3,(H,19,21)/t11-/m1/s1. The van der Waals surface area contributed by atoms with Crippen LogP contribution in [0, 0.1) is 5.82 Å². The van der Waals surface area contributed by atoms with E-state index in [1.165, 1.54) is 12.1 Å². The Morgan fingerprint density at radius 2 is 1.92 bits per heavy atom. The Balaban J connectivity index is 1.86. The van der Waals surface area contributed by atoms with E-state index in [1.54, 1.807) is 37.3 Å². The van der Waals surface area contributed by atoms with Crippen LogP contribution in [0.3, 0.4) is 0 Å². The molecule has 0 aliphatic carbocycles. The average Bonchev–Trinajstić information content (AvgIpc) is 2.54. The maximum atomic E-state index is 13.8. The molecular weight excluding hydrogens is 331 g/mol. The largest absolute Gasteiger partial charge is 0.326 e. The minimum absolute atomic E-state index is 0.0793. The molecule has 0 aromatic heterocycles. The van der Waals surface area contributed by atoms with Gasteiger partial charge in [-0.1, -0.05) is 18.2 Å². The first kappa shape index (κ1) is 16.6. The monoisotopic (exact) mass is 348 g/mol. The van der Waals surface area contributed by atoms with Gasteiger partial charge in [-0.2, -0.15) is 0 Å². The molecule has 1 atom stereocenters. The highest BCUT2D eigenvalue weighted by molar-refractivity contribution is 7.89. The molecule has 0 fully saturated rings. The normalized spacial score (nSPS) is 15.5. The number of halogens is 1. The smallest absolute Gasteiger partial charge is 0.241 e. The topological polar surface area (TPSA) is 75.3 Å². The molecule has 2 aromatic rings. The second kappa shape index (κ2) is 6.33. The van der Waals surface area contributed by atoms with E-state index < -0.39 is 21.9 Å². The van der Waals surface area contributed by atoms with Gasteiger partial charge in [0.05, 0.1) is 4.90 Å². The summed E-state index contributed by atoms with van der Waals surface area (Å²) in [5.41, 5.74) is 1.69. The Bertz CT molecular complexity index is 896. The summed E-state index contributed by atoms with van der Waals surface area (Å²) in [5, 5.41) is 2.71. The third-order valence-electron chi connectivity index (χ3n) is 3.99. The van der Waals surface area contributed by atoms with Crippen LogP contribution >= 0.6 is 0 Å². The number of aryl methyl sites for hydroxylation is 1. The fourth-order valence-electron chi connectivity index (χ4n) is 2.72. The van der Waals surface area contributed by atoms with Gasteiger partial charge in [-0.05, 0) is 43.2 Å². The molecule has 1 aliphatic rings. The number of hydrogen-bond acceptors (Lipinski definition) is 3. The van der Waals surface area contributed by atoms with Crippen LogP contribution in [0.15, 0.2) is 47.4 Å². The zero-order valence-electron chi connectivity index (χ0n) is 13.0. The zero-order chi connectivity index (χ0) is 17.3. The summed E-state index contributed by atoms with van der Waals surface area (Å²) in [4.78, 5) is 11.5. The van der Waals surface area contributed by atoms with Gasteiger partial charge in [0.2, 0.25) is 15.9 Å². The van der Waals surface area contributed by atoms with E-state index in [-0.39, 0.29) is 16.4 Å². The Hall–Kier alpha value is -2.25. The van der Waals surface area contributed by atoms with Gasteiger partial charge in [0.15, 0.2) is 0 Å². The lowest BCUT2D eigenvalue weighted by Crippen LogP contribution is -2.28. The average molecular weight is 348 g/mol. The van der Waals surface area contributed by atoms with Gasteiger partial charge >= 0.3 is 0 Å². The van der Waals surface area contributed by atoms with E-state index in [4.69, 9.17) is 0 Å². The molecule has 5 nitrogen and oxygen atoms in total. The first-order valence-corrected chi connectivity index (χ1v) is 9.05. The highest BCUT2D eigenvalue weighted by Gasteiger charge is 2.23. The molecule has 24 heavy (non-hydrogen) atoms. The Kier molecular flexibility index (Phi) is 4.38. The summed E-state index contributed by atoms with van der Waals surface area (Å²) < 4.78 is 41.4. The summed E-state index contributed by atoms with van der Waals surface area (Å²) in [6.07, 6.45) is 0.822. The van der Waals surface area contributed by atoms with E-state index in [9.17, 15) is 17.6 Å². The van der Waals surface area contributed by atoms with Crippen molar-refractivity contribution in [3.8, 4) is 0 Å². The molecule has 3 rings (SSSR count). The number of carbonyl (C=O) groups is 1. The van der Waals surface area contributed by atoms with Gasteiger partial charge in [-0.15, -0.1) is 0 Å². The van der Waals surface area contributed by atoms with E-state index in [2.05, 4.69) is 10.0 Å². The van der Waals surface area contributed by atoms with E-state index in [0.29, 0.717) is 18.5 Å². The van der Waals surface area contributed by atoms with Crippen LogP contribution in [0.2, 0.25) is 0 Å². The van der Waals surface area contributed by atoms with E-state index >= 15 is 0 Å². The SMILES string of the molecule is C[C@@H](NS(=O)(=O)c1ccc2c(c1)CCC(=O)N2)c1ccccc1F. The molecule has 1 aliphatic heterocycles. The molecule has 7 heteroatoms. The summed E-state index contributed by atoms with van der Waals surface area (Å²) in [7, 11) is -3.80. The third-order valence-corrected chi connectivity index (χ3v) is 5.52. The van der Waals surface area contributed by atoms with E-state index in [1.807, 2.05) is 0 Å². The number of carbonyl (C=O) groups excluding carboxylic acids is 1. The predicted octanol–water partition coefficient (Wildman–Crippen LogP) is 2.75. The van der Waals surface area contributed by atoms with Crippen LogP contribution in [0.25, 0.3) is 0 Å². The van der Waals surface area contributed by atoms with Crippen molar-refractivity contribution in [2.24, 2.45) is 0 Å². The Morgan fingerprint density at radius 1 is 1.17 bits per heavy atom. The number of amides is 1. The molecule has 0 radical (unpaired) electrons. The molecule has 1 amide bonds. The Morgan fingerprint density at radius 3 is 2.67 bits per heavy atom. The van der Waals surface area contributed by atoms with Crippen LogP contribution in [-0.4, -0.2) is 14.3 Å². The predicted molar refractivity (Wildman–Crippen MR) is 88.5 cm³/mol. The van der Waals surface area contributed by atoms with Crippen molar-refractivity contribution in [2.45, 2.75) is 30.7 Å². The van der Waals surface area contributed by atoms with Crippen LogP contribution in [0.1, 0.15) is 30.5 Å². The van der Waals surface area contributed by atoms with Crippen molar-refractivity contribution in [2.75, 3.05) is 5.32 Å². The van der Waals surface area contributed by atoms with Gasteiger partial charge in [0.25, 0.3) is 0 Å². The second-order valence-electron chi connectivity index (χ2n) is 5.73. The van der Waals surface area contributed by atoms with Crippen LogP contribution < -0.4 is 10.0 Å². The van der Waals surface area contributed by atoms with Crippen LogP contribution in [-0.2, 0) is 21.2 Å². The number of rotatable bonds is 4. The number of fused-ring (bicyclic) bond motifs is 1. The minimum Gasteiger partial charge on any atom is -0.326 e. The fourth-order valence-corrected chi connectivity index (χ4v) is 3.99. The molecular formula is C17H17FN2O3S. The number of nitrogens with one attached hydrogen (secondary N) is 2. The zero-order valence-corrected chi connectivity index (χ0v) is 13.9. The van der Waals surface area contributed by atoms with Gasteiger partial charge in [0.1, 0.15) is 5.82 Å². The molecule has 0 saturated carbocycles. The van der Waals surface area contributed by atoms with Gasteiger partial charge in [-0.3, -0.25) is 4.79 Å². The van der Waals surface area contributed by atoms with Gasteiger partial charge in [-0.25, -0.2) is 17.5 Å². The second-order valence-corrected chi connectivity index (χ2v) is 7.45. The number of hydrogen-bond donors (Lipinski definition) is 2. The molecule has 126 valence electrons. The maximum absolute atomic E-state index is 13.8. The van der Waals surface area contributed by atoms with Crippen molar-refractivity contribution >= 4 is 21.6 Å². The summed E-state index contributed by atoms with van der Waals surface area (Å²) in [5.74, 6) is -0.537. The molecule has 2 N–H and O–H groups in total. The van der Waals surface area contributed by atoms with Gasteiger partial charge < -0.3 is 5.32 Å². The highest BCUT2D eigenvalue weighted by atomic mass is 32.2. The van der Waals surface area contributed by atoms with Gasteiger partial charge in [0, 0.05) is 23.7 Å². The van der Waals surface area contributed by atoms with Crippen molar-refractivity contribution in [3.05, 3.63) is 59.4 Å². The number of anilines is 1. The lowest BCUT2D eigenvalue weighted by Gasteiger charge is -2.19. The number of sulfonamides is 1. The molecule has 0 spiro atoms. The lowest BCUT2D eigenvalue weighted by atomic mass is 10.0. The molecule has 2 aromatic carbocycles. The Labute approximate surface area is 139 Å². The van der Waals surface area contributed by atoms with Crippen LogP contribution in [0.4, 0.5) is 10.1 Å². The molecule has 0 unspecified atom stereocenters. The fraction of sp³-hybridized carbons (Fsp3) is 0.235. The van der Waals surface area contributed by atoms with E-state index in [0.717, 1.165) is 5.56 Å². The van der Waals surface area contributed by atoms with Crippen LogP contribution in [0.5, 0.6) is 0 Å². The summed E-state index contributed by atoms with van der Waals surface area (Å²) in [6, 6.07) is 9.91. The number of benzene rings is 2. The first-order chi connectivity index (χ1) is 11.4. The summed E-state index contributed by atoms with van der Waals surface area (Å²) in [6.45, 7) is 1.59. The maximum Gasteiger partial charge on any atom is 0.241 e. The molecule has 0 bridgehead atoms. The van der Waals surface area contributed by atoms with Crippen molar-refractivity contribution in [3.63, 3.8) is 0 Å². The molecule has 1 heterocycles. The first-order valence-electron chi connectivity index (χ1n) is 7.56. The quantitative estimate of drug-likeness (QED) is 0.892.